The van der Waals surface area contributed by atoms with Gasteiger partial charge < -0.3 is 9.88 Å². The van der Waals surface area contributed by atoms with Gasteiger partial charge >= 0.3 is 0 Å². The van der Waals surface area contributed by atoms with Gasteiger partial charge in [-0.1, -0.05) is 33.3 Å². The third-order valence-electron chi connectivity index (χ3n) is 6.45. The first kappa shape index (κ1) is 19.7. The van der Waals surface area contributed by atoms with Gasteiger partial charge in [0, 0.05) is 29.4 Å². The molecule has 0 spiro atoms. The summed E-state index contributed by atoms with van der Waals surface area (Å²) in [7, 11) is 0. The number of rotatable bonds is 4. The van der Waals surface area contributed by atoms with Crippen LogP contribution in [0.2, 0.25) is 0 Å². The van der Waals surface area contributed by atoms with E-state index in [1.54, 1.807) is 0 Å². The molecule has 162 valence electrons. The van der Waals surface area contributed by atoms with Crippen molar-refractivity contribution in [2.24, 2.45) is 0 Å². The van der Waals surface area contributed by atoms with Crippen molar-refractivity contribution in [1.29, 1.82) is 0 Å². The molecule has 2 fully saturated rings. The van der Waals surface area contributed by atoms with Gasteiger partial charge in [0.2, 0.25) is 0 Å². The number of nitrogens with one attached hydrogen (secondary N) is 1. The molecule has 2 aromatic heterocycles. The minimum atomic E-state index is -0.0175. The summed E-state index contributed by atoms with van der Waals surface area (Å²) < 4.78 is 2.86. The van der Waals surface area contributed by atoms with Crippen LogP contribution in [0.3, 0.4) is 0 Å². The smallest absolute Gasteiger partial charge is 0.276 e. The monoisotopic (exact) mass is 490 g/mol. The van der Waals surface area contributed by atoms with E-state index in [9.17, 15) is 4.79 Å². The number of benzene rings is 2. The van der Waals surface area contributed by atoms with E-state index in [0.29, 0.717) is 18.2 Å². The lowest BCUT2D eigenvalue weighted by Crippen LogP contribution is -2.40. The molecule has 1 unspecified atom stereocenters. The number of amides is 1. The van der Waals surface area contributed by atoms with Crippen LogP contribution in [0.15, 0.2) is 53.0 Å². The van der Waals surface area contributed by atoms with E-state index in [-0.39, 0.29) is 11.8 Å². The topological polar surface area (TPSA) is 79.7 Å². The highest BCUT2D eigenvalue weighted by atomic mass is 79.9. The van der Waals surface area contributed by atoms with E-state index in [1.807, 2.05) is 58.1 Å². The first-order valence-corrected chi connectivity index (χ1v) is 11.9. The van der Waals surface area contributed by atoms with Gasteiger partial charge in [-0.2, -0.15) is 0 Å². The number of piperidine rings is 1. The molecule has 1 aliphatic carbocycles. The van der Waals surface area contributed by atoms with Crippen molar-refractivity contribution in [3.63, 3.8) is 0 Å². The molecule has 1 amide bonds. The Morgan fingerprint density at radius 1 is 1.03 bits per heavy atom. The lowest BCUT2D eigenvalue weighted by Gasteiger charge is -2.31. The Morgan fingerprint density at radius 2 is 1.84 bits per heavy atom. The van der Waals surface area contributed by atoms with Gasteiger partial charge in [0.25, 0.3) is 5.91 Å². The van der Waals surface area contributed by atoms with Crippen LogP contribution in [0, 0.1) is 0 Å². The number of fused-ring (bicyclic) bond motifs is 1. The lowest BCUT2D eigenvalue weighted by molar-refractivity contribution is 0.0697. The molecule has 2 aromatic carbocycles. The third kappa shape index (κ3) is 3.52. The number of hydrogen-bond acceptors (Lipinski definition) is 4. The molecular formula is C24H23BrN6O. The minimum absolute atomic E-state index is 0.0175. The summed E-state index contributed by atoms with van der Waals surface area (Å²) in [4.78, 5) is 23.7. The Hall–Kier alpha value is -3.00. The standard InChI is InChI=1S/C24H23BrN6O/c25-17-9-11-18(12-10-17)31-22(15-7-8-15)21(28-29-31)24(32)30-13-3-4-16(14-30)23-26-19-5-1-2-6-20(19)27-23/h1-2,5-6,9-12,15-16H,3-4,7-8,13-14H2,(H,26,27). The Morgan fingerprint density at radius 3 is 2.62 bits per heavy atom. The van der Waals surface area contributed by atoms with Crippen molar-refractivity contribution in [3.05, 3.63) is 70.2 Å². The highest BCUT2D eigenvalue weighted by Gasteiger charge is 2.37. The summed E-state index contributed by atoms with van der Waals surface area (Å²) in [5.41, 5.74) is 4.39. The van der Waals surface area contributed by atoms with E-state index >= 15 is 0 Å². The van der Waals surface area contributed by atoms with E-state index in [2.05, 4.69) is 31.2 Å². The maximum atomic E-state index is 13.6. The molecule has 4 aromatic rings. The van der Waals surface area contributed by atoms with Crippen LogP contribution >= 0.6 is 15.9 Å². The Bertz CT molecular complexity index is 1260. The lowest BCUT2D eigenvalue weighted by atomic mass is 9.97. The molecule has 2 aliphatic rings. The predicted octanol–water partition coefficient (Wildman–Crippen LogP) is 4.80. The molecule has 7 nitrogen and oxygen atoms in total. The molecule has 1 N–H and O–H groups in total. The second-order valence-electron chi connectivity index (χ2n) is 8.72. The van der Waals surface area contributed by atoms with Crippen molar-refractivity contribution in [3.8, 4) is 5.69 Å². The van der Waals surface area contributed by atoms with E-state index in [4.69, 9.17) is 4.98 Å². The van der Waals surface area contributed by atoms with Gasteiger partial charge in [-0.3, -0.25) is 4.79 Å². The number of nitrogens with zero attached hydrogens (tertiary/aromatic N) is 5. The first-order valence-electron chi connectivity index (χ1n) is 11.1. The quantitative estimate of drug-likeness (QED) is 0.445. The maximum absolute atomic E-state index is 13.6. The number of hydrogen-bond donors (Lipinski definition) is 1. The van der Waals surface area contributed by atoms with Crippen molar-refractivity contribution in [2.75, 3.05) is 13.1 Å². The predicted molar refractivity (Wildman–Crippen MR) is 125 cm³/mol. The summed E-state index contributed by atoms with van der Waals surface area (Å²) in [5, 5.41) is 8.76. The largest absolute Gasteiger partial charge is 0.342 e. The first-order chi connectivity index (χ1) is 15.7. The van der Waals surface area contributed by atoms with Crippen molar-refractivity contribution >= 4 is 32.9 Å². The normalized spacial score (nSPS) is 18.9. The number of imidazole rings is 1. The molecule has 6 rings (SSSR count). The van der Waals surface area contributed by atoms with Gasteiger partial charge in [0.15, 0.2) is 5.69 Å². The Balaban J connectivity index is 1.28. The summed E-state index contributed by atoms with van der Waals surface area (Å²) in [5.74, 6) is 1.50. The van der Waals surface area contributed by atoms with E-state index in [1.165, 1.54) is 0 Å². The van der Waals surface area contributed by atoms with Gasteiger partial charge in [0.1, 0.15) is 5.82 Å². The van der Waals surface area contributed by atoms with Gasteiger partial charge in [-0.25, -0.2) is 9.67 Å². The number of likely N-dealkylation sites (tertiary alicyclic amines) is 1. The van der Waals surface area contributed by atoms with Gasteiger partial charge in [-0.05, 0) is 62.1 Å². The second-order valence-corrected chi connectivity index (χ2v) is 9.63. The molecular weight excluding hydrogens is 468 g/mol. The molecule has 1 atom stereocenters. The number of halogens is 1. The number of H-pyrrole nitrogens is 1. The van der Waals surface area contributed by atoms with E-state index < -0.39 is 0 Å². The average Bonchev–Trinajstić information content (AvgIpc) is 3.41. The van der Waals surface area contributed by atoms with Gasteiger partial charge in [0.05, 0.1) is 22.4 Å². The summed E-state index contributed by atoms with van der Waals surface area (Å²) in [6.45, 7) is 1.39. The highest BCUT2D eigenvalue weighted by molar-refractivity contribution is 9.10. The van der Waals surface area contributed by atoms with Crippen LogP contribution in [0.1, 0.15) is 59.5 Å². The number of carbonyl (C=O) groups excluding carboxylic acids is 1. The number of carbonyl (C=O) groups is 1. The SMILES string of the molecule is O=C(c1nnn(-c2ccc(Br)cc2)c1C1CC1)N1CCCC(c2nc3ccccc3[nH]2)C1. The van der Waals surface area contributed by atoms with Crippen LogP contribution in [-0.4, -0.2) is 48.9 Å². The molecule has 1 aliphatic heterocycles. The Labute approximate surface area is 194 Å². The zero-order chi connectivity index (χ0) is 21.7. The van der Waals surface area contributed by atoms with Crippen LogP contribution < -0.4 is 0 Å². The minimum Gasteiger partial charge on any atom is -0.342 e. The van der Waals surface area contributed by atoms with Crippen LogP contribution in [0.25, 0.3) is 16.7 Å². The second kappa shape index (κ2) is 7.85. The van der Waals surface area contributed by atoms with Crippen molar-refractivity contribution in [2.45, 2.75) is 37.5 Å². The highest BCUT2D eigenvalue weighted by Crippen LogP contribution is 2.42. The van der Waals surface area contributed by atoms with Crippen molar-refractivity contribution < 1.29 is 4.79 Å². The summed E-state index contributed by atoms with van der Waals surface area (Å²) >= 11 is 3.48. The summed E-state index contributed by atoms with van der Waals surface area (Å²) in [6, 6.07) is 16.0. The average molecular weight is 491 g/mol. The number of para-hydroxylation sites is 2. The fourth-order valence-corrected chi connectivity index (χ4v) is 4.90. The number of aromatic amines is 1. The van der Waals surface area contributed by atoms with Gasteiger partial charge in [-0.15, -0.1) is 5.10 Å². The number of aromatic nitrogens is 5. The fraction of sp³-hybridized carbons (Fsp3) is 0.333. The molecule has 8 heteroatoms. The Kier molecular flexibility index (Phi) is 4.82. The molecule has 1 saturated heterocycles. The zero-order valence-corrected chi connectivity index (χ0v) is 19.1. The third-order valence-corrected chi connectivity index (χ3v) is 6.97. The zero-order valence-electron chi connectivity index (χ0n) is 17.5. The molecule has 1 saturated carbocycles. The maximum Gasteiger partial charge on any atom is 0.276 e. The molecule has 0 radical (unpaired) electrons. The summed E-state index contributed by atoms with van der Waals surface area (Å²) in [6.07, 6.45) is 4.12. The molecule has 3 heterocycles. The fourth-order valence-electron chi connectivity index (χ4n) is 4.64. The van der Waals surface area contributed by atoms with Crippen molar-refractivity contribution in [1.82, 2.24) is 29.9 Å². The van der Waals surface area contributed by atoms with Crippen LogP contribution in [-0.2, 0) is 0 Å². The van der Waals surface area contributed by atoms with E-state index in [0.717, 1.165) is 64.9 Å². The molecule has 0 bridgehead atoms. The van der Waals surface area contributed by atoms with Crippen LogP contribution in [0.5, 0.6) is 0 Å². The molecule has 32 heavy (non-hydrogen) atoms. The van der Waals surface area contributed by atoms with Crippen LogP contribution in [0.4, 0.5) is 0 Å².